The van der Waals surface area contributed by atoms with Crippen molar-refractivity contribution in [1.29, 1.82) is 0 Å². The number of carbonyl (C=O) groups excluding carboxylic acids is 1. The molecule has 1 N–H and O–H groups in total. The topological polar surface area (TPSA) is 38.3 Å². The standard InChI is InChI=1S/C16H21Cl2NO2/c1-11(21-15-8-13(17)7-14(18)9-15)16(20)19-10-12-5-3-2-4-6-12/h7-9,11-12H,2-6,10H2,1H3,(H,19,20)/t11-/m1/s1. The summed E-state index contributed by atoms with van der Waals surface area (Å²) in [6.45, 7) is 2.47. The number of hydrogen-bond acceptors (Lipinski definition) is 2. The van der Waals surface area contributed by atoms with Crippen molar-refractivity contribution in [2.24, 2.45) is 5.92 Å². The van der Waals surface area contributed by atoms with Crippen LogP contribution in [0.25, 0.3) is 0 Å². The van der Waals surface area contributed by atoms with Gasteiger partial charge < -0.3 is 10.1 Å². The van der Waals surface area contributed by atoms with Gasteiger partial charge in [0, 0.05) is 16.6 Å². The van der Waals surface area contributed by atoms with E-state index >= 15 is 0 Å². The Morgan fingerprint density at radius 2 is 1.86 bits per heavy atom. The van der Waals surface area contributed by atoms with Gasteiger partial charge in [-0.15, -0.1) is 0 Å². The van der Waals surface area contributed by atoms with E-state index in [-0.39, 0.29) is 5.91 Å². The summed E-state index contributed by atoms with van der Waals surface area (Å²) >= 11 is 11.8. The van der Waals surface area contributed by atoms with E-state index in [1.807, 2.05) is 0 Å². The van der Waals surface area contributed by atoms with Crippen molar-refractivity contribution in [3.05, 3.63) is 28.2 Å². The number of carbonyl (C=O) groups is 1. The van der Waals surface area contributed by atoms with Crippen LogP contribution < -0.4 is 10.1 Å². The third kappa shape index (κ3) is 5.40. The van der Waals surface area contributed by atoms with Crippen molar-refractivity contribution >= 4 is 29.1 Å². The number of benzene rings is 1. The average molecular weight is 330 g/mol. The van der Waals surface area contributed by atoms with Crippen LogP contribution in [0.15, 0.2) is 18.2 Å². The Hall–Kier alpha value is -0.930. The van der Waals surface area contributed by atoms with E-state index in [9.17, 15) is 4.79 Å². The molecule has 0 aromatic heterocycles. The second-order valence-electron chi connectivity index (χ2n) is 5.61. The van der Waals surface area contributed by atoms with Gasteiger partial charge in [-0.3, -0.25) is 4.79 Å². The van der Waals surface area contributed by atoms with Gasteiger partial charge in [-0.2, -0.15) is 0 Å². The highest BCUT2D eigenvalue weighted by atomic mass is 35.5. The van der Waals surface area contributed by atoms with Gasteiger partial charge >= 0.3 is 0 Å². The fourth-order valence-electron chi connectivity index (χ4n) is 2.63. The number of ether oxygens (including phenoxy) is 1. The molecule has 0 saturated heterocycles. The molecule has 0 aliphatic heterocycles. The van der Waals surface area contributed by atoms with Gasteiger partial charge in [0.25, 0.3) is 5.91 Å². The number of hydrogen-bond donors (Lipinski definition) is 1. The molecule has 0 spiro atoms. The molecule has 1 atom stereocenters. The normalized spacial score (nSPS) is 17.3. The summed E-state index contributed by atoms with van der Waals surface area (Å²) in [5, 5.41) is 3.96. The van der Waals surface area contributed by atoms with E-state index in [2.05, 4.69) is 5.32 Å². The lowest BCUT2D eigenvalue weighted by atomic mass is 9.89. The lowest BCUT2D eigenvalue weighted by Crippen LogP contribution is -2.39. The Labute approximate surface area is 136 Å². The Morgan fingerprint density at radius 1 is 1.24 bits per heavy atom. The molecule has 116 valence electrons. The Morgan fingerprint density at radius 3 is 2.48 bits per heavy atom. The van der Waals surface area contributed by atoms with E-state index in [0.29, 0.717) is 21.7 Å². The molecule has 1 aromatic carbocycles. The molecular weight excluding hydrogens is 309 g/mol. The first-order chi connectivity index (χ1) is 10.0. The smallest absolute Gasteiger partial charge is 0.260 e. The average Bonchev–Trinajstić information content (AvgIpc) is 2.44. The molecule has 1 saturated carbocycles. The molecule has 1 aromatic rings. The van der Waals surface area contributed by atoms with Crippen LogP contribution in [0.2, 0.25) is 10.0 Å². The number of rotatable bonds is 5. The minimum absolute atomic E-state index is 0.100. The van der Waals surface area contributed by atoms with Gasteiger partial charge in [-0.25, -0.2) is 0 Å². The van der Waals surface area contributed by atoms with Crippen LogP contribution in [-0.4, -0.2) is 18.6 Å². The summed E-state index contributed by atoms with van der Waals surface area (Å²) in [6.07, 6.45) is 5.71. The second-order valence-corrected chi connectivity index (χ2v) is 6.49. The van der Waals surface area contributed by atoms with E-state index in [4.69, 9.17) is 27.9 Å². The minimum Gasteiger partial charge on any atom is -0.481 e. The molecule has 0 unspecified atom stereocenters. The Balaban J connectivity index is 1.81. The zero-order chi connectivity index (χ0) is 15.2. The van der Waals surface area contributed by atoms with Gasteiger partial charge in [-0.05, 0) is 43.9 Å². The van der Waals surface area contributed by atoms with Crippen molar-refractivity contribution in [2.45, 2.75) is 45.1 Å². The fourth-order valence-corrected chi connectivity index (χ4v) is 3.14. The summed E-state index contributed by atoms with van der Waals surface area (Å²) in [4.78, 5) is 12.1. The molecule has 21 heavy (non-hydrogen) atoms. The van der Waals surface area contributed by atoms with Crippen LogP contribution in [0, 0.1) is 5.92 Å². The van der Waals surface area contributed by atoms with E-state index in [1.54, 1.807) is 25.1 Å². The van der Waals surface area contributed by atoms with Crippen LogP contribution in [-0.2, 0) is 4.79 Å². The number of nitrogens with one attached hydrogen (secondary N) is 1. The van der Waals surface area contributed by atoms with Crippen molar-refractivity contribution in [1.82, 2.24) is 5.32 Å². The molecule has 1 fully saturated rings. The maximum absolute atomic E-state index is 12.1. The summed E-state index contributed by atoms with van der Waals surface area (Å²) in [6, 6.07) is 4.93. The number of amides is 1. The van der Waals surface area contributed by atoms with E-state index < -0.39 is 6.10 Å². The zero-order valence-electron chi connectivity index (χ0n) is 12.2. The van der Waals surface area contributed by atoms with Crippen LogP contribution in [0.4, 0.5) is 0 Å². The fraction of sp³-hybridized carbons (Fsp3) is 0.562. The molecule has 0 heterocycles. The molecule has 3 nitrogen and oxygen atoms in total. The van der Waals surface area contributed by atoms with Crippen molar-refractivity contribution < 1.29 is 9.53 Å². The molecule has 1 aliphatic carbocycles. The monoisotopic (exact) mass is 329 g/mol. The quantitative estimate of drug-likeness (QED) is 0.866. The highest BCUT2D eigenvalue weighted by Gasteiger charge is 2.18. The second kappa shape index (κ2) is 7.90. The molecule has 1 amide bonds. The molecule has 5 heteroatoms. The van der Waals surface area contributed by atoms with E-state index in [0.717, 1.165) is 6.54 Å². The van der Waals surface area contributed by atoms with Crippen LogP contribution in [0.3, 0.4) is 0 Å². The summed E-state index contributed by atoms with van der Waals surface area (Å²) in [7, 11) is 0. The Kier molecular flexibility index (Phi) is 6.19. The van der Waals surface area contributed by atoms with Crippen molar-refractivity contribution in [2.75, 3.05) is 6.54 Å². The molecule has 2 rings (SSSR count). The maximum Gasteiger partial charge on any atom is 0.260 e. The highest BCUT2D eigenvalue weighted by Crippen LogP contribution is 2.25. The highest BCUT2D eigenvalue weighted by molar-refractivity contribution is 6.34. The largest absolute Gasteiger partial charge is 0.481 e. The molecule has 1 aliphatic rings. The van der Waals surface area contributed by atoms with Crippen LogP contribution in [0.5, 0.6) is 5.75 Å². The third-order valence-electron chi connectivity index (χ3n) is 3.81. The van der Waals surface area contributed by atoms with Gasteiger partial charge in [0.1, 0.15) is 5.75 Å². The van der Waals surface area contributed by atoms with E-state index in [1.165, 1.54) is 32.1 Å². The predicted molar refractivity (Wildman–Crippen MR) is 86.1 cm³/mol. The molecular formula is C16H21Cl2NO2. The molecule has 0 radical (unpaired) electrons. The minimum atomic E-state index is -0.567. The molecule has 0 bridgehead atoms. The predicted octanol–water partition coefficient (Wildman–Crippen LogP) is 4.46. The van der Waals surface area contributed by atoms with Gasteiger partial charge in [0.15, 0.2) is 6.10 Å². The lowest BCUT2D eigenvalue weighted by Gasteiger charge is -2.23. The SMILES string of the molecule is C[C@@H](Oc1cc(Cl)cc(Cl)c1)C(=O)NCC1CCCCC1. The number of halogens is 2. The first-order valence-electron chi connectivity index (χ1n) is 7.45. The van der Waals surface area contributed by atoms with Gasteiger partial charge in [0.05, 0.1) is 0 Å². The summed E-state index contributed by atoms with van der Waals surface area (Å²) in [5.41, 5.74) is 0. The van der Waals surface area contributed by atoms with Crippen molar-refractivity contribution in [3.63, 3.8) is 0 Å². The van der Waals surface area contributed by atoms with Gasteiger partial charge in [-0.1, -0.05) is 42.5 Å². The first-order valence-corrected chi connectivity index (χ1v) is 8.20. The maximum atomic E-state index is 12.1. The lowest BCUT2D eigenvalue weighted by molar-refractivity contribution is -0.127. The van der Waals surface area contributed by atoms with Crippen molar-refractivity contribution in [3.8, 4) is 5.75 Å². The van der Waals surface area contributed by atoms with Crippen LogP contribution in [0.1, 0.15) is 39.0 Å². The Bertz CT molecular complexity index is 467. The summed E-state index contributed by atoms with van der Waals surface area (Å²) < 4.78 is 5.60. The van der Waals surface area contributed by atoms with Gasteiger partial charge in [0.2, 0.25) is 0 Å². The summed E-state index contributed by atoms with van der Waals surface area (Å²) in [5.74, 6) is 1.01. The van der Waals surface area contributed by atoms with Crippen LogP contribution >= 0.6 is 23.2 Å². The zero-order valence-corrected chi connectivity index (χ0v) is 13.7. The first kappa shape index (κ1) is 16.4. The third-order valence-corrected chi connectivity index (χ3v) is 4.24.